The zero-order valence-corrected chi connectivity index (χ0v) is 17.6. The van der Waals surface area contributed by atoms with Crippen molar-refractivity contribution in [3.63, 3.8) is 0 Å². The Morgan fingerprint density at radius 3 is 2.68 bits per heavy atom. The maximum atomic E-state index is 12.8. The first kappa shape index (κ1) is 23.0. The fourth-order valence-electron chi connectivity index (χ4n) is 3.31. The molecule has 2 aromatic rings. The molecule has 1 fully saturated rings. The van der Waals surface area contributed by atoms with Crippen LogP contribution in [-0.2, 0) is 9.53 Å². The molecule has 1 aliphatic carbocycles. The predicted molar refractivity (Wildman–Crippen MR) is 109 cm³/mol. The van der Waals surface area contributed by atoms with Gasteiger partial charge in [-0.25, -0.2) is 0 Å². The largest absolute Gasteiger partial charge is 0.421 e. The van der Waals surface area contributed by atoms with E-state index in [1.807, 2.05) is 19.1 Å². The number of aromatic nitrogens is 2. The van der Waals surface area contributed by atoms with Crippen LogP contribution in [-0.4, -0.2) is 40.0 Å². The van der Waals surface area contributed by atoms with Gasteiger partial charge >= 0.3 is 6.11 Å². The predicted octanol–water partition coefficient (Wildman–Crippen LogP) is 3.90. The lowest BCUT2D eigenvalue weighted by Crippen LogP contribution is -2.35. The van der Waals surface area contributed by atoms with E-state index in [-0.39, 0.29) is 24.1 Å². The number of nitrogens with zero attached hydrogens (tertiary/aromatic N) is 2. The molecular formula is C22H27F2N3O4. The second kappa shape index (κ2) is 9.65. The van der Waals surface area contributed by atoms with Crippen LogP contribution < -0.4 is 5.32 Å². The molecule has 3 rings (SSSR count). The highest BCUT2D eigenvalue weighted by atomic mass is 19.3. The molecule has 9 heteroatoms. The van der Waals surface area contributed by atoms with E-state index in [0.29, 0.717) is 42.8 Å². The molecule has 31 heavy (non-hydrogen) atoms. The lowest BCUT2D eigenvalue weighted by molar-refractivity contribution is -0.264. The summed E-state index contributed by atoms with van der Waals surface area (Å²) < 4.78 is 35.9. The van der Waals surface area contributed by atoms with Crippen molar-refractivity contribution in [1.29, 1.82) is 0 Å². The first-order valence-electron chi connectivity index (χ1n) is 10.2. The summed E-state index contributed by atoms with van der Waals surface area (Å²) in [5, 5.41) is 20.8. The number of halogens is 2. The van der Waals surface area contributed by atoms with Crippen molar-refractivity contribution in [3.8, 4) is 0 Å². The highest BCUT2D eigenvalue weighted by Crippen LogP contribution is 2.40. The number of aliphatic hydroxyl groups is 1. The van der Waals surface area contributed by atoms with Gasteiger partial charge in [-0.05, 0) is 31.7 Å². The van der Waals surface area contributed by atoms with Gasteiger partial charge < -0.3 is 19.6 Å². The monoisotopic (exact) mass is 435 g/mol. The molecule has 7 nitrogen and oxygen atoms in total. The number of carbonyl (C=O) groups excluding carboxylic acids is 1. The zero-order valence-electron chi connectivity index (χ0n) is 17.6. The summed E-state index contributed by atoms with van der Waals surface area (Å²) >= 11 is 0. The lowest BCUT2D eigenvalue weighted by Gasteiger charge is -2.34. The topological polar surface area (TPSA) is 97.5 Å². The molecule has 0 aliphatic heterocycles. The summed E-state index contributed by atoms with van der Waals surface area (Å²) in [6.07, 6.45) is -3.38. The van der Waals surface area contributed by atoms with Gasteiger partial charge in [0.1, 0.15) is 0 Å². The molecule has 1 aliphatic rings. The molecule has 0 saturated heterocycles. The van der Waals surface area contributed by atoms with E-state index < -0.39 is 18.3 Å². The van der Waals surface area contributed by atoms with E-state index in [2.05, 4.69) is 26.8 Å². The average Bonchev–Trinajstić information content (AvgIpc) is 3.13. The summed E-state index contributed by atoms with van der Waals surface area (Å²) in [4.78, 5) is 12.1. The van der Waals surface area contributed by atoms with Gasteiger partial charge in [0.2, 0.25) is 17.7 Å². The Bertz CT molecular complexity index is 902. The van der Waals surface area contributed by atoms with Crippen LogP contribution in [0, 0.1) is 6.92 Å². The minimum Gasteiger partial charge on any atom is -0.421 e. The summed E-state index contributed by atoms with van der Waals surface area (Å²) in [5.74, 6) is 0.250. The molecule has 1 aromatic heterocycles. The van der Waals surface area contributed by atoms with Gasteiger partial charge in [0.25, 0.3) is 0 Å². The number of aryl methyl sites for hydroxylation is 1. The molecule has 0 spiro atoms. The van der Waals surface area contributed by atoms with E-state index in [0.717, 1.165) is 12.5 Å². The van der Waals surface area contributed by atoms with Crippen LogP contribution >= 0.6 is 0 Å². The van der Waals surface area contributed by atoms with Crippen LogP contribution in [0.1, 0.15) is 67.5 Å². The Morgan fingerprint density at radius 1 is 1.35 bits per heavy atom. The fraction of sp³-hybridized carbons (Fsp3) is 0.500. The maximum Gasteiger partial charge on any atom is 0.353 e. The van der Waals surface area contributed by atoms with Crippen LogP contribution in [0.5, 0.6) is 0 Å². The first-order valence-corrected chi connectivity index (χ1v) is 10.2. The highest BCUT2D eigenvalue weighted by Gasteiger charge is 2.39. The molecule has 1 saturated carbocycles. The van der Waals surface area contributed by atoms with Gasteiger partial charge in [0, 0.05) is 25.0 Å². The molecule has 2 N–H and O–H groups in total. The number of amides is 1. The second-order valence-electron chi connectivity index (χ2n) is 8.00. The molecular weight excluding hydrogens is 408 g/mol. The van der Waals surface area contributed by atoms with Crippen LogP contribution in [0.3, 0.4) is 0 Å². The normalized spacial score (nSPS) is 19.5. The van der Waals surface area contributed by atoms with Crippen molar-refractivity contribution >= 4 is 11.5 Å². The van der Waals surface area contributed by atoms with Crippen molar-refractivity contribution < 1.29 is 27.8 Å². The zero-order chi connectivity index (χ0) is 22.6. The van der Waals surface area contributed by atoms with E-state index in [1.54, 1.807) is 12.1 Å². The van der Waals surface area contributed by atoms with Crippen molar-refractivity contribution in [3.05, 3.63) is 53.8 Å². The van der Waals surface area contributed by atoms with Crippen LogP contribution in [0.25, 0.3) is 5.57 Å². The Hall–Kier alpha value is -2.65. The van der Waals surface area contributed by atoms with E-state index in [9.17, 15) is 18.7 Å². The minimum atomic E-state index is -3.15. The van der Waals surface area contributed by atoms with Crippen LogP contribution in [0.15, 0.2) is 35.3 Å². The van der Waals surface area contributed by atoms with Gasteiger partial charge in [-0.1, -0.05) is 36.4 Å². The summed E-state index contributed by atoms with van der Waals surface area (Å²) in [6.45, 7) is 6.87. The molecule has 1 amide bonds. The van der Waals surface area contributed by atoms with Gasteiger partial charge in [0.15, 0.2) is 0 Å². The van der Waals surface area contributed by atoms with Crippen molar-refractivity contribution in [2.24, 2.45) is 0 Å². The third-order valence-corrected chi connectivity index (χ3v) is 5.15. The molecule has 0 bridgehead atoms. The van der Waals surface area contributed by atoms with Gasteiger partial charge in [-0.15, -0.1) is 10.2 Å². The number of nitrogens with one attached hydrogen (secondary N) is 1. The number of aliphatic hydroxyl groups excluding tert-OH is 1. The fourth-order valence-corrected chi connectivity index (χ4v) is 3.31. The van der Waals surface area contributed by atoms with E-state index in [4.69, 9.17) is 4.42 Å². The smallest absolute Gasteiger partial charge is 0.353 e. The quantitative estimate of drug-likeness (QED) is 0.588. The molecule has 1 heterocycles. The number of carbonyl (C=O) groups is 1. The Kier molecular flexibility index (Phi) is 7.17. The van der Waals surface area contributed by atoms with Crippen LogP contribution in [0.2, 0.25) is 0 Å². The third kappa shape index (κ3) is 6.67. The number of ether oxygens (including phenoxy) is 1. The van der Waals surface area contributed by atoms with E-state index in [1.165, 1.54) is 0 Å². The molecule has 168 valence electrons. The van der Waals surface area contributed by atoms with Crippen LogP contribution in [0.4, 0.5) is 8.78 Å². The maximum absolute atomic E-state index is 12.8. The Labute approximate surface area is 179 Å². The SMILES string of the molecule is C=C(CCNC(=O)CC(O)c1ccc(C)cc1)c1nnc(C2CC(OC(C)(F)F)C2)o1. The Morgan fingerprint density at radius 2 is 2.03 bits per heavy atom. The number of alkyl halides is 2. The van der Waals surface area contributed by atoms with Gasteiger partial charge in [-0.2, -0.15) is 8.78 Å². The average molecular weight is 435 g/mol. The highest BCUT2D eigenvalue weighted by molar-refractivity contribution is 5.76. The summed E-state index contributed by atoms with van der Waals surface area (Å²) in [6, 6.07) is 7.36. The lowest BCUT2D eigenvalue weighted by atomic mass is 9.82. The second-order valence-corrected chi connectivity index (χ2v) is 8.00. The third-order valence-electron chi connectivity index (χ3n) is 5.15. The van der Waals surface area contributed by atoms with Gasteiger partial charge in [-0.3, -0.25) is 4.79 Å². The van der Waals surface area contributed by atoms with Crippen molar-refractivity contribution in [2.45, 2.75) is 63.8 Å². The number of hydrogen-bond donors (Lipinski definition) is 2. The standard InChI is InChI=1S/C22H27F2N3O4/c1-13-4-6-15(7-5-13)18(28)12-19(29)25-9-8-14(2)20-26-27-21(30-20)16-10-17(11-16)31-22(3,23)24/h4-7,16-18,28H,2,8-12H2,1,3H3,(H,25,29). The van der Waals surface area contributed by atoms with Crippen molar-refractivity contribution in [1.82, 2.24) is 15.5 Å². The number of hydrogen-bond acceptors (Lipinski definition) is 6. The number of benzene rings is 1. The molecule has 1 atom stereocenters. The minimum absolute atomic E-state index is 0.0397. The van der Waals surface area contributed by atoms with Gasteiger partial charge in [0.05, 0.1) is 18.6 Å². The summed E-state index contributed by atoms with van der Waals surface area (Å²) in [5.41, 5.74) is 2.33. The first-order chi connectivity index (χ1) is 14.6. The molecule has 1 aromatic carbocycles. The summed E-state index contributed by atoms with van der Waals surface area (Å²) in [7, 11) is 0. The van der Waals surface area contributed by atoms with Crippen molar-refractivity contribution in [2.75, 3.05) is 6.54 Å². The molecule has 1 unspecified atom stereocenters. The molecule has 0 radical (unpaired) electrons. The number of rotatable bonds is 10. The van der Waals surface area contributed by atoms with E-state index >= 15 is 0 Å². The Balaban J connectivity index is 1.38.